The highest BCUT2D eigenvalue weighted by Crippen LogP contribution is 2.33. The number of benzene rings is 2. The van der Waals surface area contributed by atoms with Gasteiger partial charge in [-0.1, -0.05) is 49.6 Å². The van der Waals surface area contributed by atoms with Gasteiger partial charge in [0.1, 0.15) is 5.75 Å². The van der Waals surface area contributed by atoms with Gasteiger partial charge in [0.15, 0.2) is 6.61 Å². The molecular formula is C21H22NO4-. The van der Waals surface area contributed by atoms with Gasteiger partial charge < -0.3 is 20.0 Å². The zero-order valence-electron chi connectivity index (χ0n) is 14.6. The molecule has 1 aliphatic rings. The number of carboxylic acids is 1. The van der Waals surface area contributed by atoms with Crippen molar-refractivity contribution < 1.29 is 19.4 Å². The molecule has 3 rings (SSSR count). The van der Waals surface area contributed by atoms with E-state index < -0.39 is 11.9 Å². The van der Waals surface area contributed by atoms with Crippen LogP contribution in [0.15, 0.2) is 48.5 Å². The zero-order chi connectivity index (χ0) is 18.4. The number of anilines is 1. The third kappa shape index (κ3) is 4.63. The lowest BCUT2D eigenvalue weighted by atomic mass is 9.84. The fourth-order valence-corrected chi connectivity index (χ4v) is 3.38. The van der Waals surface area contributed by atoms with E-state index in [1.54, 1.807) is 12.1 Å². The third-order valence-electron chi connectivity index (χ3n) is 4.75. The molecule has 0 atom stereocenters. The Morgan fingerprint density at radius 3 is 2.38 bits per heavy atom. The number of carbonyl (C=O) groups excluding carboxylic acids is 2. The summed E-state index contributed by atoms with van der Waals surface area (Å²) in [6.07, 6.45) is 6.38. The summed E-state index contributed by atoms with van der Waals surface area (Å²) in [5, 5.41) is 13.6. The maximum Gasteiger partial charge on any atom is 0.262 e. The Morgan fingerprint density at radius 2 is 1.69 bits per heavy atom. The summed E-state index contributed by atoms with van der Waals surface area (Å²) in [5.74, 6) is -0.509. The Labute approximate surface area is 153 Å². The molecule has 0 saturated heterocycles. The molecule has 0 unspecified atom stereocenters. The molecule has 0 heterocycles. The van der Waals surface area contributed by atoms with Crippen LogP contribution in [0.4, 0.5) is 5.69 Å². The van der Waals surface area contributed by atoms with Crippen LogP contribution in [0.1, 0.15) is 53.9 Å². The number of hydrogen-bond acceptors (Lipinski definition) is 4. The Hall–Kier alpha value is -2.82. The summed E-state index contributed by atoms with van der Waals surface area (Å²) in [7, 11) is 0. The van der Waals surface area contributed by atoms with Crippen molar-refractivity contribution in [1.82, 2.24) is 0 Å². The van der Waals surface area contributed by atoms with Crippen LogP contribution in [0.25, 0.3) is 0 Å². The van der Waals surface area contributed by atoms with Gasteiger partial charge in [-0.05, 0) is 42.5 Å². The fraction of sp³-hybridized carbons (Fsp3) is 0.333. The molecular weight excluding hydrogens is 330 g/mol. The van der Waals surface area contributed by atoms with Crippen molar-refractivity contribution in [2.24, 2.45) is 0 Å². The lowest BCUT2D eigenvalue weighted by Crippen LogP contribution is -2.26. The minimum Gasteiger partial charge on any atom is -0.545 e. The highest BCUT2D eigenvalue weighted by Gasteiger charge is 2.15. The molecule has 2 aromatic rings. The molecule has 0 radical (unpaired) electrons. The Kier molecular flexibility index (Phi) is 5.89. The summed E-state index contributed by atoms with van der Waals surface area (Å²) in [6, 6.07) is 14.0. The third-order valence-corrected chi connectivity index (χ3v) is 4.75. The second kappa shape index (κ2) is 8.52. The van der Waals surface area contributed by atoms with Gasteiger partial charge in [-0.25, -0.2) is 0 Å². The van der Waals surface area contributed by atoms with Gasteiger partial charge in [-0.15, -0.1) is 0 Å². The number of para-hydroxylation sites is 1. The number of hydrogen-bond donors (Lipinski definition) is 1. The molecule has 0 aromatic heterocycles. The minimum absolute atomic E-state index is 0.0577. The molecule has 0 bridgehead atoms. The van der Waals surface area contributed by atoms with Crippen molar-refractivity contribution in [3.05, 3.63) is 59.7 Å². The highest BCUT2D eigenvalue weighted by molar-refractivity contribution is 6.00. The number of ether oxygens (including phenoxy) is 1. The van der Waals surface area contributed by atoms with Crippen LogP contribution in [0.2, 0.25) is 0 Å². The smallest absolute Gasteiger partial charge is 0.262 e. The first-order valence-corrected chi connectivity index (χ1v) is 8.96. The molecule has 136 valence electrons. The number of amides is 1. The number of carbonyl (C=O) groups is 2. The summed E-state index contributed by atoms with van der Waals surface area (Å²) < 4.78 is 5.51. The predicted octanol–water partition coefficient (Wildman–Crippen LogP) is 3.12. The summed E-state index contributed by atoms with van der Waals surface area (Å²) in [5.41, 5.74) is 1.47. The number of rotatable bonds is 6. The first-order chi connectivity index (χ1) is 12.6. The SMILES string of the molecule is O=C(COc1ccc(C2CCCCC2)cc1)Nc1ccccc1C(=O)[O-]. The van der Waals surface area contributed by atoms with E-state index in [1.165, 1.54) is 49.8 Å². The van der Waals surface area contributed by atoms with E-state index in [4.69, 9.17) is 4.74 Å². The van der Waals surface area contributed by atoms with E-state index in [9.17, 15) is 14.7 Å². The second-order valence-electron chi connectivity index (χ2n) is 6.57. The van der Waals surface area contributed by atoms with E-state index in [0.29, 0.717) is 11.7 Å². The molecule has 26 heavy (non-hydrogen) atoms. The summed E-state index contributed by atoms with van der Waals surface area (Å²) >= 11 is 0. The lowest BCUT2D eigenvalue weighted by Gasteiger charge is -2.22. The van der Waals surface area contributed by atoms with E-state index in [2.05, 4.69) is 17.4 Å². The average molecular weight is 352 g/mol. The van der Waals surface area contributed by atoms with Gasteiger partial charge in [0, 0.05) is 11.3 Å². The van der Waals surface area contributed by atoms with E-state index in [0.717, 1.165) is 0 Å². The molecule has 0 aliphatic heterocycles. The van der Waals surface area contributed by atoms with Gasteiger partial charge >= 0.3 is 0 Å². The molecule has 1 aliphatic carbocycles. The zero-order valence-corrected chi connectivity index (χ0v) is 14.6. The first kappa shape index (κ1) is 18.0. The highest BCUT2D eigenvalue weighted by atomic mass is 16.5. The Morgan fingerprint density at radius 1 is 1.00 bits per heavy atom. The van der Waals surface area contributed by atoms with Crippen molar-refractivity contribution in [3.63, 3.8) is 0 Å². The molecule has 1 amide bonds. The molecule has 2 aromatic carbocycles. The predicted molar refractivity (Wildman–Crippen MR) is 97.2 cm³/mol. The monoisotopic (exact) mass is 352 g/mol. The molecule has 5 nitrogen and oxygen atoms in total. The van der Waals surface area contributed by atoms with Crippen LogP contribution in [0, 0.1) is 0 Å². The summed E-state index contributed by atoms with van der Waals surface area (Å²) in [4.78, 5) is 23.1. The number of carboxylic acid groups (broad SMARTS) is 1. The second-order valence-corrected chi connectivity index (χ2v) is 6.57. The maximum atomic E-state index is 12.0. The van der Waals surface area contributed by atoms with Crippen molar-refractivity contribution in [1.29, 1.82) is 0 Å². The van der Waals surface area contributed by atoms with Crippen molar-refractivity contribution in [3.8, 4) is 5.75 Å². The van der Waals surface area contributed by atoms with Crippen LogP contribution in [0.3, 0.4) is 0 Å². The maximum absolute atomic E-state index is 12.0. The van der Waals surface area contributed by atoms with Crippen LogP contribution in [0.5, 0.6) is 5.75 Å². The topological polar surface area (TPSA) is 78.5 Å². The van der Waals surface area contributed by atoms with Crippen molar-refractivity contribution in [2.45, 2.75) is 38.0 Å². The van der Waals surface area contributed by atoms with Crippen LogP contribution in [-0.2, 0) is 4.79 Å². The molecule has 5 heteroatoms. The van der Waals surface area contributed by atoms with Gasteiger partial charge in [0.05, 0.1) is 5.97 Å². The van der Waals surface area contributed by atoms with Crippen LogP contribution < -0.4 is 15.2 Å². The molecule has 1 N–H and O–H groups in total. The first-order valence-electron chi connectivity index (χ1n) is 8.96. The van der Waals surface area contributed by atoms with Crippen LogP contribution >= 0.6 is 0 Å². The molecule has 1 fully saturated rings. The largest absolute Gasteiger partial charge is 0.545 e. The average Bonchev–Trinajstić information content (AvgIpc) is 2.68. The fourth-order valence-electron chi connectivity index (χ4n) is 3.38. The van der Waals surface area contributed by atoms with Crippen molar-refractivity contribution >= 4 is 17.6 Å². The van der Waals surface area contributed by atoms with E-state index >= 15 is 0 Å². The molecule has 1 saturated carbocycles. The Balaban J connectivity index is 1.54. The number of nitrogens with one attached hydrogen (secondary N) is 1. The Bertz CT molecular complexity index is 764. The van der Waals surface area contributed by atoms with Crippen molar-refractivity contribution in [2.75, 3.05) is 11.9 Å². The van der Waals surface area contributed by atoms with Gasteiger partial charge in [-0.3, -0.25) is 4.79 Å². The molecule has 0 spiro atoms. The minimum atomic E-state index is -1.33. The van der Waals surface area contributed by atoms with Crippen LogP contribution in [-0.4, -0.2) is 18.5 Å². The quantitative estimate of drug-likeness (QED) is 0.866. The van der Waals surface area contributed by atoms with E-state index in [-0.39, 0.29) is 17.9 Å². The normalized spacial score (nSPS) is 14.6. The lowest BCUT2D eigenvalue weighted by molar-refractivity contribution is -0.254. The van der Waals surface area contributed by atoms with Gasteiger partial charge in [0.25, 0.3) is 5.91 Å². The number of aromatic carboxylic acids is 1. The van der Waals surface area contributed by atoms with Gasteiger partial charge in [-0.2, -0.15) is 0 Å². The van der Waals surface area contributed by atoms with E-state index in [1.807, 2.05) is 12.1 Å². The van der Waals surface area contributed by atoms with Gasteiger partial charge in [0.2, 0.25) is 0 Å². The summed E-state index contributed by atoms with van der Waals surface area (Å²) in [6.45, 7) is -0.190. The standard InChI is InChI=1S/C21H23NO4/c23-20(22-19-9-5-4-8-18(19)21(24)25)14-26-17-12-10-16(11-13-17)15-6-2-1-3-7-15/h4-5,8-13,15H,1-3,6-7,14H2,(H,22,23)(H,24,25)/p-1.